The van der Waals surface area contributed by atoms with Crippen LogP contribution in [0.5, 0.6) is 0 Å². The summed E-state index contributed by atoms with van der Waals surface area (Å²) in [5.74, 6) is -1.18. The zero-order valence-electron chi connectivity index (χ0n) is 11.7. The summed E-state index contributed by atoms with van der Waals surface area (Å²) in [5.41, 5.74) is -1.73. The molecule has 5 heteroatoms. The maximum Gasteiger partial charge on any atom is 0.337 e. The molecule has 0 unspecified atom stereocenters. The molecule has 0 heterocycles. The summed E-state index contributed by atoms with van der Waals surface area (Å²) in [7, 11) is 0. The van der Waals surface area contributed by atoms with Crippen LogP contribution in [-0.4, -0.2) is 35.9 Å². The van der Waals surface area contributed by atoms with Crippen LogP contribution in [0.4, 0.5) is 0 Å². The summed E-state index contributed by atoms with van der Waals surface area (Å²) >= 11 is 0. The van der Waals surface area contributed by atoms with Crippen molar-refractivity contribution in [3.05, 3.63) is 12.2 Å². The highest BCUT2D eigenvalue weighted by Gasteiger charge is 2.29. The van der Waals surface area contributed by atoms with Crippen LogP contribution in [0.25, 0.3) is 0 Å². The molecule has 0 radical (unpaired) electrons. The van der Waals surface area contributed by atoms with Gasteiger partial charge in [-0.1, -0.05) is 20.4 Å². The number of esters is 2. The molecular weight excluding hydrogens is 236 g/mol. The Labute approximate surface area is 108 Å². The first kappa shape index (κ1) is 16.6. The smallest absolute Gasteiger partial charge is 0.337 e. The third kappa shape index (κ3) is 6.39. The number of rotatable bonds is 6. The van der Waals surface area contributed by atoms with E-state index in [4.69, 9.17) is 9.47 Å². The van der Waals surface area contributed by atoms with E-state index >= 15 is 0 Å². The zero-order chi connectivity index (χ0) is 14.6. The second kappa shape index (κ2) is 6.00. The van der Waals surface area contributed by atoms with E-state index in [1.54, 1.807) is 20.8 Å². The van der Waals surface area contributed by atoms with Gasteiger partial charge in [0.1, 0.15) is 0 Å². The van der Waals surface area contributed by atoms with Crippen LogP contribution in [0.1, 0.15) is 34.6 Å². The molecule has 0 aromatic heterocycles. The first-order chi connectivity index (χ1) is 7.96. The van der Waals surface area contributed by atoms with E-state index in [0.29, 0.717) is 5.57 Å². The summed E-state index contributed by atoms with van der Waals surface area (Å²) in [5, 5.41) is 9.40. The average Bonchev–Trinajstić information content (AvgIpc) is 2.21. The second-order valence-corrected chi connectivity index (χ2v) is 5.66. The van der Waals surface area contributed by atoms with Crippen molar-refractivity contribution in [2.24, 2.45) is 5.41 Å². The van der Waals surface area contributed by atoms with Gasteiger partial charge in [-0.3, -0.25) is 0 Å². The van der Waals surface area contributed by atoms with Gasteiger partial charge in [0.05, 0.1) is 13.2 Å². The largest absolute Gasteiger partial charge is 0.463 e. The van der Waals surface area contributed by atoms with Crippen LogP contribution in [0.15, 0.2) is 12.2 Å². The molecule has 0 aromatic rings. The number of hydrogen-bond donors (Lipinski definition) is 1. The Bertz CT molecular complexity index is 336. The lowest BCUT2D eigenvalue weighted by Gasteiger charge is -2.25. The molecule has 18 heavy (non-hydrogen) atoms. The lowest BCUT2D eigenvalue weighted by Crippen LogP contribution is -2.37. The molecule has 5 nitrogen and oxygen atoms in total. The Kier molecular flexibility index (Phi) is 5.55. The number of ether oxygens (including phenoxy) is 2. The van der Waals surface area contributed by atoms with Crippen molar-refractivity contribution in [1.29, 1.82) is 0 Å². The molecule has 0 saturated heterocycles. The molecule has 0 aliphatic heterocycles. The normalized spacial score (nSPS) is 11.9. The van der Waals surface area contributed by atoms with Crippen molar-refractivity contribution in [3.8, 4) is 0 Å². The predicted molar refractivity (Wildman–Crippen MR) is 66.8 cm³/mol. The number of aliphatic hydroxyl groups is 1. The fourth-order valence-electron chi connectivity index (χ4n) is 0.863. The maximum atomic E-state index is 11.4. The van der Waals surface area contributed by atoms with Crippen LogP contribution in [-0.2, 0) is 19.1 Å². The standard InChI is InChI=1S/C13H22O5/c1-9(2)10(14)17-7-12(3,4)8-18-11(15)13(5,6)16/h16H,1,7-8H2,2-6H3. The molecule has 0 aromatic carbocycles. The molecule has 0 amide bonds. The van der Waals surface area contributed by atoms with Gasteiger partial charge < -0.3 is 14.6 Å². The monoisotopic (exact) mass is 258 g/mol. The first-order valence-electron chi connectivity index (χ1n) is 5.68. The Morgan fingerprint density at radius 2 is 1.56 bits per heavy atom. The first-order valence-corrected chi connectivity index (χ1v) is 5.68. The van der Waals surface area contributed by atoms with Crippen molar-refractivity contribution in [3.63, 3.8) is 0 Å². The summed E-state index contributed by atoms with van der Waals surface area (Å²) in [4.78, 5) is 22.6. The number of carbonyl (C=O) groups is 2. The van der Waals surface area contributed by atoms with E-state index in [9.17, 15) is 14.7 Å². The van der Waals surface area contributed by atoms with Crippen molar-refractivity contribution >= 4 is 11.9 Å². The summed E-state index contributed by atoms with van der Waals surface area (Å²) in [6.07, 6.45) is 0. The highest BCUT2D eigenvalue weighted by Crippen LogP contribution is 2.18. The van der Waals surface area contributed by atoms with Crippen molar-refractivity contribution in [2.75, 3.05) is 13.2 Å². The van der Waals surface area contributed by atoms with Gasteiger partial charge in [-0.25, -0.2) is 9.59 Å². The third-order valence-electron chi connectivity index (χ3n) is 2.04. The van der Waals surface area contributed by atoms with Gasteiger partial charge >= 0.3 is 11.9 Å². The lowest BCUT2D eigenvalue weighted by molar-refractivity contribution is -0.166. The van der Waals surface area contributed by atoms with E-state index < -0.39 is 23.0 Å². The van der Waals surface area contributed by atoms with Crippen LogP contribution in [0.2, 0.25) is 0 Å². The van der Waals surface area contributed by atoms with Gasteiger partial charge in [0, 0.05) is 11.0 Å². The third-order valence-corrected chi connectivity index (χ3v) is 2.04. The fraction of sp³-hybridized carbons (Fsp3) is 0.692. The molecule has 0 spiro atoms. The topological polar surface area (TPSA) is 72.8 Å². The van der Waals surface area contributed by atoms with Gasteiger partial charge in [0.2, 0.25) is 0 Å². The molecule has 0 bridgehead atoms. The van der Waals surface area contributed by atoms with Crippen LogP contribution < -0.4 is 0 Å². The Morgan fingerprint density at radius 1 is 1.11 bits per heavy atom. The van der Waals surface area contributed by atoms with Gasteiger partial charge in [-0.2, -0.15) is 0 Å². The summed E-state index contributed by atoms with van der Waals surface area (Å²) < 4.78 is 9.96. The number of carbonyl (C=O) groups excluding carboxylic acids is 2. The molecule has 0 aliphatic rings. The summed E-state index contributed by atoms with van der Waals surface area (Å²) in [6.45, 7) is 11.5. The van der Waals surface area contributed by atoms with Crippen LogP contribution >= 0.6 is 0 Å². The molecule has 104 valence electrons. The highest BCUT2D eigenvalue weighted by molar-refractivity contribution is 5.86. The minimum atomic E-state index is -1.52. The van der Waals surface area contributed by atoms with Crippen molar-refractivity contribution in [1.82, 2.24) is 0 Å². The van der Waals surface area contributed by atoms with E-state index in [-0.39, 0.29) is 13.2 Å². The predicted octanol–water partition coefficient (Wildman–Crippen LogP) is 1.45. The fourth-order valence-corrected chi connectivity index (χ4v) is 0.863. The zero-order valence-corrected chi connectivity index (χ0v) is 11.7. The average molecular weight is 258 g/mol. The lowest BCUT2D eigenvalue weighted by atomic mass is 9.96. The Morgan fingerprint density at radius 3 is 1.94 bits per heavy atom. The molecule has 0 aliphatic carbocycles. The van der Waals surface area contributed by atoms with Crippen molar-refractivity contribution in [2.45, 2.75) is 40.2 Å². The summed E-state index contributed by atoms with van der Waals surface area (Å²) in [6, 6.07) is 0. The van der Waals surface area contributed by atoms with Gasteiger partial charge in [0.15, 0.2) is 5.60 Å². The molecule has 0 saturated carbocycles. The Balaban J connectivity index is 4.20. The highest BCUT2D eigenvalue weighted by atomic mass is 16.6. The van der Waals surface area contributed by atoms with Gasteiger partial charge in [0.25, 0.3) is 0 Å². The maximum absolute atomic E-state index is 11.4. The minimum absolute atomic E-state index is 0.0549. The minimum Gasteiger partial charge on any atom is -0.463 e. The molecule has 1 N–H and O–H groups in total. The van der Waals surface area contributed by atoms with Gasteiger partial charge in [-0.15, -0.1) is 0 Å². The SMILES string of the molecule is C=C(C)C(=O)OCC(C)(C)COC(=O)C(C)(C)O. The molecule has 0 fully saturated rings. The quantitative estimate of drug-likeness (QED) is 0.576. The molecular formula is C13H22O5. The molecule has 0 rings (SSSR count). The van der Waals surface area contributed by atoms with Crippen LogP contribution in [0, 0.1) is 5.41 Å². The Hall–Kier alpha value is -1.36. The van der Waals surface area contributed by atoms with E-state index in [1.165, 1.54) is 13.8 Å². The molecule has 0 atom stereocenters. The van der Waals surface area contributed by atoms with E-state index in [1.807, 2.05) is 0 Å². The number of hydrogen-bond acceptors (Lipinski definition) is 5. The van der Waals surface area contributed by atoms with Gasteiger partial charge in [-0.05, 0) is 20.8 Å². The second-order valence-electron chi connectivity index (χ2n) is 5.66. The van der Waals surface area contributed by atoms with E-state index in [0.717, 1.165) is 0 Å². The van der Waals surface area contributed by atoms with Crippen molar-refractivity contribution < 1.29 is 24.2 Å². The van der Waals surface area contributed by atoms with Crippen LogP contribution in [0.3, 0.4) is 0 Å². The van der Waals surface area contributed by atoms with E-state index in [2.05, 4.69) is 6.58 Å².